The van der Waals surface area contributed by atoms with Crippen LogP contribution >= 0.6 is 0 Å². The zero-order chi connectivity index (χ0) is 21.9. The van der Waals surface area contributed by atoms with Crippen molar-refractivity contribution in [1.82, 2.24) is 10.2 Å². The van der Waals surface area contributed by atoms with E-state index in [2.05, 4.69) is 5.32 Å². The lowest BCUT2D eigenvalue weighted by Gasteiger charge is -2.28. The van der Waals surface area contributed by atoms with Crippen molar-refractivity contribution in [3.63, 3.8) is 0 Å². The molecule has 1 aliphatic rings. The predicted octanol–water partition coefficient (Wildman–Crippen LogP) is 0.984. The highest BCUT2D eigenvalue weighted by Gasteiger charge is 2.39. The Hall–Kier alpha value is -1.84. The van der Waals surface area contributed by atoms with Crippen LogP contribution in [-0.4, -0.2) is 69.8 Å². The number of hydrogen-bond donors (Lipinski definition) is 1. The van der Waals surface area contributed by atoms with Crippen LogP contribution in [0.25, 0.3) is 0 Å². The van der Waals surface area contributed by atoms with Gasteiger partial charge in [-0.2, -0.15) is 8.42 Å². The SMILES string of the molecule is CC1=C(C)C(=O)C(CCC(C)(OS(C)(=O)=O)C(=O)NCCN(C)C)=C(C)C1=O. The highest BCUT2D eigenvalue weighted by Crippen LogP contribution is 2.30. The van der Waals surface area contributed by atoms with Gasteiger partial charge in [0, 0.05) is 35.4 Å². The van der Waals surface area contributed by atoms with E-state index in [0.717, 1.165) is 6.26 Å². The Morgan fingerprint density at radius 2 is 1.61 bits per heavy atom. The van der Waals surface area contributed by atoms with Crippen LogP contribution in [0.4, 0.5) is 0 Å². The maximum Gasteiger partial charge on any atom is 0.265 e. The molecule has 8 nitrogen and oxygen atoms in total. The van der Waals surface area contributed by atoms with Crippen LogP contribution in [0.2, 0.25) is 0 Å². The molecule has 1 amide bonds. The number of nitrogens with zero attached hydrogens (tertiary/aromatic N) is 1. The first-order valence-electron chi connectivity index (χ1n) is 9.00. The summed E-state index contributed by atoms with van der Waals surface area (Å²) in [5.74, 6) is -1.06. The number of ketones is 2. The Balaban J connectivity index is 3.06. The van der Waals surface area contributed by atoms with Gasteiger partial charge in [0.25, 0.3) is 16.0 Å². The van der Waals surface area contributed by atoms with Crippen molar-refractivity contribution in [1.29, 1.82) is 0 Å². The van der Waals surface area contributed by atoms with Crippen molar-refractivity contribution < 1.29 is 27.0 Å². The maximum absolute atomic E-state index is 12.6. The summed E-state index contributed by atoms with van der Waals surface area (Å²) >= 11 is 0. The molecule has 0 aliphatic heterocycles. The highest BCUT2D eigenvalue weighted by atomic mass is 32.2. The van der Waals surface area contributed by atoms with E-state index in [9.17, 15) is 22.8 Å². The second-order valence-electron chi connectivity index (χ2n) is 7.59. The number of nitrogens with one attached hydrogen (secondary N) is 1. The Kier molecular flexibility index (Phi) is 7.87. The minimum Gasteiger partial charge on any atom is -0.352 e. The molecule has 1 N–H and O–H groups in total. The first kappa shape index (κ1) is 24.2. The van der Waals surface area contributed by atoms with E-state index in [1.165, 1.54) is 6.92 Å². The number of likely N-dealkylation sites (N-methyl/N-ethyl adjacent to an activating group) is 1. The van der Waals surface area contributed by atoms with Crippen LogP contribution in [0.15, 0.2) is 22.3 Å². The monoisotopic (exact) mass is 414 g/mol. The Bertz CT molecular complexity index is 838. The molecule has 1 rings (SSSR count). The first-order chi connectivity index (χ1) is 12.7. The molecule has 0 spiro atoms. The minimum atomic E-state index is -3.93. The van der Waals surface area contributed by atoms with E-state index < -0.39 is 21.6 Å². The summed E-state index contributed by atoms with van der Waals surface area (Å²) < 4.78 is 28.5. The second-order valence-corrected chi connectivity index (χ2v) is 9.16. The molecule has 9 heteroatoms. The van der Waals surface area contributed by atoms with E-state index >= 15 is 0 Å². The fourth-order valence-electron chi connectivity index (χ4n) is 2.93. The highest BCUT2D eigenvalue weighted by molar-refractivity contribution is 7.86. The van der Waals surface area contributed by atoms with Crippen LogP contribution < -0.4 is 5.32 Å². The summed E-state index contributed by atoms with van der Waals surface area (Å²) in [5, 5.41) is 2.66. The molecule has 28 heavy (non-hydrogen) atoms. The van der Waals surface area contributed by atoms with Gasteiger partial charge < -0.3 is 10.2 Å². The Morgan fingerprint density at radius 3 is 2.11 bits per heavy atom. The van der Waals surface area contributed by atoms with Crippen LogP contribution in [0.3, 0.4) is 0 Å². The zero-order valence-electron chi connectivity index (χ0n) is 17.6. The summed E-state index contributed by atoms with van der Waals surface area (Å²) in [6, 6.07) is 0. The van der Waals surface area contributed by atoms with Gasteiger partial charge in [0.05, 0.1) is 6.26 Å². The molecule has 0 saturated heterocycles. The zero-order valence-corrected chi connectivity index (χ0v) is 18.4. The van der Waals surface area contributed by atoms with Gasteiger partial charge in [-0.15, -0.1) is 0 Å². The summed E-state index contributed by atoms with van der Waals surface area (Å²) in [6.07, 6.45) is 0.856. The lowest BCUT2D eigenvalue weighted by Crippen LogP contribution is -2.49. The average molecular weight is 415 g/mol. The molecule has 1 unspecified atom stereocenters. The number of carbonyl (C=O) groups excluding carboxylic acids is 3. The van der Waals surface area contributed by atoms with Gasteiger partial charge in [-0.1, -0.05) is 0 Å². The molecule has 0 radical (unpaired) electrons. The molecular formula is C19H30N2O6S. The van der Waals surface area contributed by atoms with Gasteiger partial charge in [-0.25, -0.2) is 0 Å². The van der Waals surface area contributed by atoms with Crippen molar-refractivity contribution in [3.8, 4) is 0 Å². The van der Waals surface area contributed by atoms with Gasteiger partial charge in [0.15, 0.2) is 17.2 Å². The van der Waals surface area contributed by atoms with Gasteiger partial charge in [0.2, 0.25) is 0 Å². The quantitative estimate of drug-likeness (QED) is 0.442. The summed E-state index contributed by atoms with van der Waals surface area (Å²) in [6.45, 7) is 7.01. The van der Waals surface area contributed by atoms with Crippen LogP contribution in [-0.2, 0) is 28.7 Å². The standard InChI is InChI=1S/C19H30N2O6S/c1-12-13(2)17(23)15(14(3)16(12)22)8-9-19(4,27-28(7,25)26)18(24)20-10-11-21(5)6/h8-11H2,1-7H3,(H,20,24). The molecule has 158 valence electrons. The lowest BCUT2D eigenvalue weighted by atomic mass is 9.82. The lowest BCUT2D eigenvalue weighted by molar-refractivity contribution is -0.135. The molecule has 0 aromatic carbocycles. The van der Waals surface area contributed by atoms with E-state index in [1.54, 1.807) is 20.8 Å². The maximum atomic E-state index is 12.6. The number of allylic oxidation sites excluding steroid dienone is 4. The third-order valence-corrected chi connectivity index (χ3v) is 5.49. The molecule has 0 aromatic heterocycles. The number of rotatable bonds is 9. The fraction of sp³-hybridized carbons (Fsp3) is 0.632. The number of Topliss-reactive ketones (excluding diaryl/α,β-unsaturated/α-hetero) is 2. The fourth-order valence-corrected chi connectivity index (χ4v) is 3.75. The van der Waals surface area contributed by atoms with Crippen LogP contribution in [0.5, 0.6) is 0 Å². The number of hydrogen-bond acceptors (Lipinski definition) is 7. The molecule has 0 fully saturated rings. The largest absolute Gasteiger partial charge is 0.352 e. The van der Waals surface area contributed by atoms with E-state index in [-0.39, 0.29) is 30.0 Å². The van der Waals surface area contributed by atoms with Crippen molar-refractivity contribution in [2.75, 3.05) is 33.4 Å². The molecular weight excluding hydrogens is 384 g/mol. The molecule has 0 aromatic rings. The third kappa shape index (κ3) is 6.08. The van der Waals surface area contributed by atoms with Crippen molar-refractivity contribution in [2.45, 2.75) is 46.1 Å². The van der Waals surface area contributed by atoms with Gasteiger partial charge in [-0.3, -0.25) is 18.6 Å². The van der Waals surface area contributed by atoms with Gasteiger partial charge in [-0.05, 0) is 54.6 Å². The van der Waals surface area contributed by atoms with Crippen LogP contribution in [0.1, 0.15) is 40.5 Å². The second kappa shape index (κ2) is 9.11. The van der Waals surface area contributed by atoms with Crippen molar-refractivity contribution in [2.24, 2.45) is 0 Å². The van der Waals surface area contributed by atoms with E-state index in [4.69, 9.17) is 4.18 Å². The molecule has 0 bridgehead atoms. The summed E-state index contributed by atoms with van der Waals surface area (Å²) in [5.41, 5.74) is -0.310. The molecule has 1 aliphatic carbocycles. The third-order valence-electron chi connectivity index (χ3n) is 4.82. The van der Waals surface area contributed by atoms with Crippen LogP contribution in [0, 0.1) is 0 Å². The average Bonchev–Trinajstić information content (AvgIpc) is 2.56. The molecule has 0 heterocycles. The van der Waals surface area contributed by atoms with Gasteiger partial charge >= 0.3 is 0 Å². The van der Waals surface area contributed by atoms with E-state index in [0.29, 0.717) is 29.8 Å². The topological polar surface area (TPSA) is 110 Å². The Morgan fingerprint density at radius 1 is 1.07 bits per heavy atom. The Labute approximate surface area is 167 Å². The van der Waals surface area contributed by atoms with Crippen molar-refractivity contribution in [3.05, 3.63) is 22.3 Å². The summed E-state index contributed by atoms with van der Waals surface area (Å²) in [7, 11) is -0.238. The molecule has 0 saturated carbocycles. The number of amides is 1. The number of carbonyl (C=O) groups is 3. The normalized spacial score (nSPS) is 18.0. The smallest absolute Gasteiger partial charge is 0.265 e. The van der Waals surface area contributed by atoms with Crippen molar-refractivity contribution >= 4 is 27.6 Å². The first-order valence-corrected chi connectivity index (χ1v) is 10.8. The predicted molar refractivity (Wildman–Crippen MR) is 106 cm³/mol. The summed E-state index contributed by atoms with van der Waals surface area (Å²) in [4.78, 5) is 39.4. The van der Waals surface area contributed by atoms with E-state index in [1.807, 2.05) is 19.0 Å². The minimum absolute atomic E-state index is 0.0497. The van der Waals surface area contributed by atoms with Gasteiger partial charge in [0.1, 0.15) is 0 Å². The molecule has 1 atom stereocenters.